The molecule has 0 aliphatic heterocycles. The Hall–Kier alpha value is -1.02. The van der Waals surface area contributed by atoms with Gasteiger partial charge in [-0.3, -0.25) is 0 Å². The molecule has 2 bridgehead atoms. The van der Waals surface area contributed by atoms with E-state index in [1.165, 1.54) is 25.7 Å². The first-order chi connectivity index (χ1) is 8.78. The van der Waals surface area contributed by atoms with Gasteiger partial charge in [0.15, 0.2) is 0 Å². The minimum Gasteiger partial charge on any atom is -0.496 e. The van der Waals surface area contributed by atoms with Gasteiger partial charge in [0.05, 0.1) is 13.2 Å². The van der Waals surface area contributed by atoms with Crippen molar-refractivity contribution in [1.29, 1.82) is 0 Å². The van der Waals surface area contributed by atoms with Gasteiger partial charge in [-0.2, -0.15) is 0 Å². The maximum atomic E-state index is 10.5. The average Bonchev–Trinajstić information content (AvgIpc) is 3.01. The van der Waals surface area contributed by atoms with E-state index >= 15 is 0 Å². The molecular formula is C16H22O2. The van der Waals surface area contributed by atoms with E-state index in [0.29, 0.717) is 5.92 Å². The molecule has 0 saturated heterocycles. The molecule has 0 radical (unpaired) electrons. The fourth-order valence-electron chi connectivity index (χ4n) is 4.01. The summed E-state index contributed by atoms with van der Waals surface area (Å²) in [5.41, 5.74) is 1.13. The van der Waals surface area contributed by atoms with Crippen LogP contribution in [0.25, 0.3) is 0 Å². The van der Waals surface area contributed by atoms with Crippen LogP contribution in [0.15, 0.2) is 24.3 Å². The molecule has 2 aliphatic rings. The van der Waals surface area contributed by atoms with E-state index in [-0.39, 0.29) is 6.10 Å². The average molecular weight is 246 g/mol. The zero-order valence-corrected chi connectivity index (χ0v) is 11.0. The van der Waals surface area contributed by atoms with E-state index in [2.05, 4.69) is 6.07 Å². The number of methoxy groups -OCH3 is 1. The molecule has 3 rings (SSSR count). The number of para-hydroxylation sites is 1. The summed E-state index contributed by atoms with van der Waals surface area (Å²) >= 11 is 0. The fraction of sp³-hybridized carbons (Fsp3) is 0.625. The molecule has 0 aromatic heterocycles. The Balaban J connectivity index is 1.69. The number of aliphatic hydroxyl groups excluding tert-OH is 1. The Kier molecular flexibility index (Phi) is 3.29. The van der Waals surface area contributed by atoms with Gasteiger partial charge in [0.1, 0.15) is 5.75 Å². The molecule has 98 valence electrons. The molecule has 1 aromatic rings. The van der Waals surface area contributed by atoms with Crippen molar-refractivity contribution in [3.63, 3.8) is 0 Å². The number of fused-ring (bicyclic) bond motifs is 2. The molecule has 2 saturated carbocycles. The van der Waals surface area contributed by atoms with Gasteiger partial charge in [-0.15, -0.1) is 0 Å². The van der Waals surface area contributed by atoms with Crippen molar-refractivity contribution in [1.82, 2.24) is 0 Å². The molecule has 0 heterocycles. The van der Waals surface area contributed by atoms with Crippen LogP contribution in [0.2, 0.25) is 0 Å². The maximum Gasteiger partial charge on any atom is 0.122 e. The third-order valence-corrected chi connectivity index (χ3v) is 4.91. The van der Waals surface area contributed by atoms with Crippen LogP contribution in [0.4, 0.5) is 0 Å². The number of hydrogen-bond acceptors (Lipinski definition) is 2. The van der Waals surface area contributed by atoms with Crippen molar-refractivity contribution in [2.24, 2.45) is 17.8 Å². The van der Waals surface area contributed by atoms with Crippen LogP contribution in [0, 0.1) is 17.8 Å². The zero-order valence-electron chi connectivity index (χ0n) is 11.0. The summed E-state index contributed by atoms with van der Waals surface area (Å²) in [6.45, 7) is 0. The van der Waals surface area contributed by atoms with Crippen molar-refractivity contribution in [2.45, 2.75) is 38.2 Å². The van der Waals surface area contributed by atoms with Crippen LogP contribution >= 0.6 is 0 Å². The van der Waals surface area contributed by atoms with Crippen LogP contribution in [0.3, 0.4) is 0 Å². The summed E-state index contributed by atoms with van der Waals surface area (Å²) < 4.78 is 5.36. The first-order valence-corrected chi connectivity index (χ1v) is 7.08. The molecule has 0 amide bonds. The highest BCUT2D eigenvalue weighted by atomic mass is 16.5. The Morgan fingerprint density at radius 3 is 2.78 bits per heavy atom. The molecule has 18 heavy (non-hydrogen) atoms. The molecule has 4 unspecified atom stereocenters. The second kappa shape index (κ2) is 4.93. The summed E-state index contributed by atoms with van der Waals surface area (Å²) in [6.07, 6.45) is 5.85. The Labute approximate surface area is 109 Å². The predicted octanol–water partition coefficient (Wildman–Crippen LogP) is 3.03. The first-order valence-electron chi connectivity index (χ1n) is 7.08. The highest BCUT2D eigenvalue weighted by Gasteiger charge is 2.42. The minimum atomic E-state index is -0.198. The third-order valence-electron chi connectivity index (χ3n) is 4.91. The van der Waals surface area contributed by atoms with Gasteiger partial charge in [-0.25, -0.2) is 0 Å². The smallest absolute Gasteiger partial charge is 0.122 e. The van der Waals surface area contributed by atoms with Crippen LogP contribution < -0.4 is 4.74 Å². The lowest BCUT2D eigenvalue weighted by Gasteiger charge is -2.27. The van der Waals surface area contributed by atoms with E-state index in [0.717, 1.165) is 29.6 Å². The number of hydrogen-bond donors (Lipinski definition) is 1. The van der Waals surface area contributed by atoms with Crippen molar-refractivity contribution in [3.8, 4) is 5.75 Å². The summed E-state index contributed by atoms with van der Waals surface area (Å²) in [7, 11) is 1.70. The summed E-state index contributed by atoms with van der Waals surface area (Å²) in [5.74, 6) is 3.10. The third kappa shape index (κ3) is 2.14. The predicted molar refractivity (Wildman–Crippen MR) is 71.6 cm³/mol. The second-order valence-corrected chi connectivity index (χ2v) is 5.92. The van der Waals surface area contributed by atoms with Crippen molar-refractivity contribution in [3.05, 3.63) is 29.8 Å². The molecule has 2 nitrogen and oxygen atoms in total. The number of aliphatic hydroxyl groups is 1. The zero-order chi connectivity index (χ0) is 12.5. The van der Waals surface area contributed by atoms with Gasteiger partial charge in [-0.1, -0.05) is 24.6 Å². The van der Waals surface area contributed by atoms with E-state index < -0.39 is 0 Å². The lowest BCUT2D eigenvalue weighted by molar-refractivity contribution is 0.0745. The van der Waals surface area contributed by atoms with Gasteiger partial charge in [-0.05, 0) is 48.6 Å². The number of ether oxygens (including phenoxy) is 1. The Morgan fingerprint density at radius 2 is 2.11 bits per heavy atom. The van der Waals surface area contributed by atoms with E-state index in [1.54, 1.807) is 7.11 Å². The molecule has 1 N–H and O–H groups in total. The Bertz CT molecular complexity index is 415. The molecular weight excluding hydrogens is 224 g/mol. The lowest BCUT2D eigenvalue weighted by atomic mass is 9.82. The van der Waals surface area contributed by atoms with Gasteiger partial charge < -0.3 is 9.84 Å². The minimum absolute atomic E-state index is 0.198. The van der Waals surface area contributed by atoms with Gasteiger partial charge in [0, 0.05) is 6.42 Å². The molecule has 2 heteroatoms. The number of benzene rings is 1. The normalized spacial score (nSPS) is 31.6. The molecule has 1 aromatic carbocycles. The van der Waals surface area contributed by atoms with E-state index in [1.807, 2.05) is 18.2 Å². The van der Waals surface area contributed by atoms with Crippen LogP contribution in [-0.4, -0.2) is 18.3 Å². The van der Waals surface area contributed by atoms with Gasteiger partial charge in [0.2, 0.25) is 0 Å². The standard InChI is InChI=1S/C16H22O2/c1-18-16-5-3-2-4-13(16)10-15(17)14-9-11-6-7-12(14)8-11/h2-5,11-12,14-15,17H,6-10H2,1H3. The van der Waals surface area contributed by atoms with E-state index in [4.69, 9.17) is 4.74 Å². The second-order valence-electron chi connectivity index (χ2n) is 5.92. The van der Waals surface area contributed by atoms with Gasteiger partial charge >= 0.3 is 0 Å². The van der Waals surface area contributed by atoms with Crippen LogP contribution in [0.1, 0.15) is 31.2 Å². The molecule has 2 fully saturated rings. The van der Waals surface area contributed by atoms with Crippen molar-refractivity contribution in [2.75, 3.05) is 7.11 Å². The van der Waals surface area contributed by atoms with Crippen LogP contribution in [-0.2, 0) is 6.42 Å². The van der Waals surface area contributed by atoms with Gasteiger partial charge in [0.25, 0.3) is 0 Å². The highest BCUT2D eigenvalue weighted by molar-refractivity contribution is 5.33. The first kappa shape index (κ1) is 12.0. The summed E-state index contributed by atoms with van der Waals surface area (Å²) in [6, 6.07) is 8.04. The summed E-state index contributed by atoms with van der Waals surface area (Å²) in [5, 5.41) is 10.5. The van der Waals surface area contributed by atoms with Crippen molar-refractivity contribution >= 4 is 0 Å². The lowest BCUT2D eigenvalue weighted by Crippen LogP contribution is -2.27. The van der Waals surface area contributed by atoms with Crippen LogP contribution in [0.5, 0.6) is 5.75 Å². The number of rotatable bonds is 4. The monoisotopic (exact) mass is 246 g/mol. The van der Waals surface area contributed by atoms with E-state index in [9.17, 15) is 5.11 Å². The quantitative estimate of drug-likeness (QED) is 0.885. The molecule has 4 atom stereocenters. The topological polar surface area (TPSA) is 29.5 Å². The highest BCUT2D eigenvalue weighted by Crippen LogP contribution is 2.50. The largest absolute Gasteiger partial charge is 0.496 e. The molecule has 0 spiro atoms. The van der Waals surface area contributed by atoms with Crippen molar-refractivity contribution < 1.29 is 9.84 Å². The SMILES string of the molecule is COc1ccccc1CC(O)C1CC2CCC1C2. The Morgan fingerprint density at radius 1 is 1.28 bits per heavy atom. The molecule has 2 aliphatic carbocycles. The maximum absolute atomic E-state index is 10.5. The summed E-state index contributed by atoms with van der Waals surface area (Å²) in [4.78, 5) is 0. The fourth-order valence-corrected chi connectivity index (χ4v) is 4.01.